The topological polar surface area (TPSA) is 119 Å². The summed E-state index contributed by atoms with van der Waals surface area (Å²) in [4.78, 5) is 39.7. The maximum atomic E-state index is 13.5. The molecular formula is C34H47N3O5. The van der Waals surface area contributed by atoms with Gasteiger partial charge in [0.15, 0.2) is 0 Å². The van der Waals surface area contributed by atoms with Gasteiger partial charge in [-0.2, -0.15) is 0 Å². The average Bonchev–Trinajstić information content (AvgIpc) is 3.13. The fraction of sp³-hybridized carbons (Fsp3) is 0.500. The molecule has 2 aliphatic rings. The third-order valence-electron chi connectivity index (χ3n) is 7.86. The van der Waals surface area contributed by atoms with Crippen LogP contribution >= 0.6 is 0 Å². The first-order valence-electron chi connectivity index (χ1n) is 14.8. The second-order valence-corrected chi connectivity index (χ2v) is 13.0. The molecule has 3 amide bonds. The Balaban J connectivity index is 1.65. The lowest BCUT2D eigenvalue weighted by Gasteiger charge is -2.34. The predicted molar refractivity (Wildman–Crippen MR) is 165 cm³/mol. The summed E-state index contributed by atoms with van der Waals surface area (Å²) in [6.07, 6.45) is 14.5. The molecule has 1 unspecified atom stereocenters. The second kappa shape index (κ2) is 14.6. The molecule has 0 bridgehead atoms. The van der Waals surface area contributed by atoms with Crippen molar-refractivity contribution in [1.29, 1.82) is 0 Å². The van der Waals surface area contributed by atoms with Crippen LogP contribution in [0.25, 0.3) is 0 Å². The van der Waals surface area contributed by atoms with Gasteiger partial charge in [-0.15, -0.1) is 0 Å². The number of nitrogens with one attached hydrogen (secondary N) is 2. The van der Waals surface area contributed by atoms with Gasteiger partial charge in [-0.1, -0.05) is 76.6 Å². The van der Waals surface area contributed by atoms with Crippen LogP contribution in [-0.2, 0) is 20.8 Å². The fourth-order valence-corrected chi connectivity index (χ4v) is 6.31. The van der Waals surface area contributed by atoms with Crippen molar-refractivity contribution in [2.75, 3.05) is 18.5 Å². The molecule has 0 spiro atoms. The highest BCUT2D eigenvalue weighted by Crippen LogP contribution is 2.39. The van der Waals surface area contributed by atoms with Gasteiger partial charge < -0.3 is 15.3 Å². The lowest BCUT2D eigenvalue weighted by molar-refractivity contribution is -0.131. The van der Waals surface area contributed by atoms with Gasteiger partial charge in [0.1, 0.15) is 0 Å². The quantitative estimate of drug-likeness (QED) is 0.173. The molecule has 1 atom stereocenters. The lowest BCUT2D eigenvalue weighted by Crippen LogP contribution is -2.35. The SMILES string of the molecule is CCC1=CC=CC2CC=CC(N(CCO)C(=O)Cc3ccc(NC(=O)CC(C)(C)CC(C)(C)CC(=O)NO)cc3)=C2C1. The van der Waals surface area contributed by atoms with Gasteiger partial charge in [0.2, 0.25) is 17.7 Å². The minimum absolute atomic E-state index is 0.0804. The number of hydroxylamine groups is 1. The molecule has 228 valence electrons. The van der Waals surface area contributed by atoms with Crippen molar-refractivity contribution in [2.45, 2.75) is 79.6 Å². The number of fused-ring (bicyclic) bond motifs is 1. The summed E-state index contributed by atoms with van der Waals surface area (Å²) in [6, 6.07) is 7.28. The molecule has 2 aliphatic carbocycles. The van der Waals surface area contributed by atoms with E-state index in [-0.39, 0.29) is 61.0 Å². The Morgan fingerprint density at radius 3 is 2.31 bits per heavy atom. The minimum Gasteiger partial charge on any atom is -0.395 e. The molecule has 8 nitrogen and oxygen atoms in total. The van der Waals surface area contributed by atoms with Crippen LogP contribution in [0.15, 0.2) is 71.5 Å². The number of rotatable bonds is 13. The number of carbonyl (C=O) groups excluding carboxylic acids is 3. The summed E-state index contributed by atoms with van der Waals surface area (Å²) in [5.41, 5.74) is 5.83. The number of hydrogen-bond donors (Lipinski definition) is 4. The van der Waals surface area contributed by atoms with E-state index in [1.54, 1.807) is 22.5 Å². The van der Waals surface area contributed by atoms with Gasteiger partial charge in [0.25, 0.3) is 0 Å². The number of anilines is 1. The van der Waals surface area contributed by atoms with Crippen LogP contribution in [0, 0.1) is 16.7 Å². The van der Waals surface area contributed by atoms with Crippen molar-refractivity contribution in [1.82, 2.24) is 10.4 Å². The predicted octanol–water partition coefficient (Wildman–Crippen LogP) is 5.84. The zero-order valence-corrected chi connectivity index (χ0v) is 25.7. The minimum atomic E-state index is -0.445. The maximum absolute atomic E-state index is 13.5. The number of allylic oxidation sites excluding steroid dienone is 7. The van der Waals surface area contributed by atoms with Crippen molar-refractivity contribution in [3.8, 4) is 0 Å². The van der Waals surface area contributed by atoms with E-state index in [1.807, 2.05) is 45.9 Å². The highest BCUT2D eigenvalue weighted by atomic mass is 16.5. The van der Waals surface area contributed by atoms with Gasteiger partial charge in [0.05, 0.1) is 13.0 Å². The summed E-state index contributed by atoms with van der Waals surface area (Å²) in [6.45, 7) is 10.1. The highest BCUT2D eigenvalue weighted by Gasteiger charge is 2.32. The number of hydrogen-bond acceptors (Lipinski definition) is 5. The van der Waals surface area contributed by atoms with E-state index in [0.717, 1.165) is 30.5 Å². The lowest BCUT2D eigenvalue weighted by atomic mass is 9.71. The van der Waals surface area contributed by atoms with Crippen molar-refractivity contribution in [3.63, 3.8) is 0 Å². The number of nitrogens with zero attached hydrogens (tertiary/aromatic N) is 1. The molecule has 0 saturated carbocycles. The van der Waals surface area contributed by atoms with E-state index in [9.17, 15) is 19.5 Å². The second-order valence-electron chi connectivity index (χ2n) is 13.0. The third-order valence-corrected chi connectivity index (χ3v) is 7.86. The van der Waals surface area contributed by atoms with Gasteiger partial charge in [-0.05, 0) is 65.9 Å². The molecule has 3 rings (SSSR count). The Hall–Kier alpha value is -3.49. The van der Waals surface area contributed by atoms with Gasteiger partial charge >= 0.3 is 0 Å². The molecule has 4 N–H and O–H groups in total. The maximum Gasteiger partial charge on any atom is 0.243 e. The number of carbonyl (C=O) groups is 3. The number of aliphatic hydroxyl groups is 1. The van der Waals surface area contributed by atoms with Crippen LogP contribution in [0.5, 0.6) is 0 Å². The molecule has 8 heteroatoms. The summed E-state index contributed by atoms with van der Waals surface area (Å²) < 4.78 is 0. The Morgan fingerprint density at radius 2 is 1.69 bits per heavy atom. The van der Waals surface area contributed by atoms with Crippen molar-refractivity contribution >= 4 is 23.4 Å². The van der Waals surface area contributed by atoms with E-state index in [0.29, 0.717) is 12.1 Å². The zero-order chi connectivity index (χ0) is 30.9. The molecule has 1 aromatic carbocycles. The molecule has 0 aliphatic heterocycles. The zero-order valence-electron chi connectivity index (χ0n) is 25.7. The Bertz CT molecular complexity index is 1250. The molecule has 0 aromatic heterocycles. The molecule has 0 radical (unpaired) electrons. The normalized spacial score (nSPS) is 16.8. The monoisotopic (exact) mass is 577 g/mol. The van der Waals surface area contributed by atoms with Gasteiger partial charge in [-0.3, -0.25) is 19.6 Å². The first-order valence-corrected chi connectivity index (χ1v) is 14.8. The summed E-state index contributed by atoms with van der Waals surface area (Å²) in [5.74, 6) is -0.411. The van der Waals surface area contributed by atoms with Crippen molar-refractivity contribution < 1.29 is 24.7 Å². The van der Waals surface area contributed by atoms with E-state index in [2.05, 4.69) is 36.5 Å². The number of amides is 3. The van der Waals surface area contributed by atoms with Crippen LogP contribution in [0.4, 0.5) is 5.69 Å². The molecule has 0 fully saturated rings. The van der Waals surface area contributed by atoms with Crippen LogP contribution in [0.2, 0.25) is 0 Å². The van der Waals surface area contributed by atoms with Crippen LogP contribution in [0.1, 0.15) is 78.7 Å². The van der Waals surface area contributed by atoms with E-state index >= 15 is 0 Å². The smallest absolute Gasteiger partial charge is 0.243 e. The summed E-state index contributed by atoms with van der Waals surface area (Å²) in [7, 11) is 0. The fourth-order valence-electron chi connectivity index (χ4n) is 6.31. The van der Waals surface area contributed by atoms with Gasteiger partial charge in [-0.25, -0.2) is 5.48 Å². The summed E-state index contributed by atoms with van der Waals surface area (Å²) in [5, 5.41) is 21.6. The largest absolute Gasteiger partial charge is 0.395 e. The highest BCUT2D eigenvalue weighted by molar-refractivity contribution is 5.91. The molecule has 42 heavy (non-hydrogen) atoms. The Kier molecular flexibility index (Phi) is 11.5. The Morgan fingerprint density at radius 1 is 1.02 bits per heavy atom. The van der Waals surface area contributed by atoms with Gasteiger partial charge in [0, 0.05) is 36.7 Å². The Labute approximate surface area is 250 Å². The third kappa shape index (κ3) is 9.53. The molecule has 1 aromatic rings. The summed E-state index contributed by atoms with van der Waals surface area (Å²) >= 11 is 0. The molecule has 0 saturated heterocycles. The van der Waals surface area contributed by atoms with Crippen molar-refractivity contribution in [2.24, 2.45) is 16.7 Å². The first-order chi connectivity index (χ1) is 19.9. The van der Waals surface area contributed by atoms with Crippen LogP contribution < -0.4 is 10.8 Å². The first kappa shape index (κ1) is 33.0. The average molecular weight is 578 g/mol. The van der Waals surface area contributed by atoms with E-state index < -0.39 is 5.91 Å². The standard InChI is InChI=1S/C34H47N3O5/c1-6-24-9-7-10-26-11-8-12-29(28(26)19-24)37(17-18-38)32(41)20-25-13-15-27(16-14-25)35-30(39)21-33(2,3)23-34(4,5)22-31(40)36-42/h7-10,12-16,26,38,42H,6,11,17-23H2,1-5H3,(H,35,39)(H,36,40). The number of aliphatic hydroxyl groups excluding tert-OH is 1. The number of benzene rings is 1. The molecule has 0 heterocycles. The van der Waals surface area contributed by atoms with Crippen LogP contribution in [0.3, 0.4) is 0 Å². The van der Waals surface area contributed by atoms with Crippen LogP contribution in [-0.4, -0.2) is 46.1 Å². The van der Waals surface area contributed by atoms with E-state index in [1.165, 1.54) is 11.1 Å². The van der Waals surface area contributed by atoms with E-state index in [4.69, 9.17) is 5.21 Å². The molecular weight excluding hydrogens is 530 g/mol. The van der Waals surface area contributed by atoms with Crippen molar-refractivity contribution in [3.05, 3.63) is 77.1 Å².